The van der Waals surface area contributed by atoms with Gasteiger partial charge >= 0.3 is 0 Å². The minimum absolute atomic E-state index is 0.0722. The van der Waals surface area contributed by atoms with E-state index in [0.717, 1.165) is 6.42 Å². The molecule has 3 rings (SSSR count). The molecule has 0 N–H and O–H groups in total. The Morgan fingerprint density at radius 1 is 1.33 bits per heavy atom. The number of benzene rings is 1. The number of amides is 1. The molecule has 2 heterocycles. The van der Waals surface area contributed by atoms with E-state index in [1.807, 2.05) is 0 Å². The second-order valence-corrected chi connectivity index (χ2v) is 4.49. The van der Waals surface area contributed by atoms with E-state index in [0.29, 0.717) is 18.8 Å². The van der Waals surface area contributed by atoms with Crippen LogP contribution in [0.3, 0.4) is 0 Å². The van der Waals surface area contributed by atoms with Gasteiger partial charge in [-0.2, -0.15) is 5.10 Å². The monoisotopic (exact) mass is 288 g/mol. The van der Waals surface area contributed by atoms with Gasteiger partial charge < -0.3 is 0 Å². The zero-order chi connectivity index (χ0) is 14.8. The second-order valence-electron chi connectivity index (χ2n) is 4.49. The van der Waals surface area contributed by atoms with Crippen LogP contribution in [0.15, 0.2) is 36.5 Å². The van der Waals surface area contributed by atoms with Gasteiger partial charge in [-0.25, -0.2) is 9.75 Å². The van der Waals surface area contributed by atoms with Crippen LogP contribution in [0.5, 0.6) is 0 Å². The lowest BCUT2D eigenvalue weighted by Gasteiger charge is -2.11. The van der Waals surface area contributed by atoms with Crippen LogP contribution in [0, 0.1) is 10.1 Å². The number of hydroxylamine groups is 2. The fourth-order valence-corrected chi connectivity index (χ4v) is 2.12. The van der Waals surface area contributed by atoms with Gasteiger partial charge in [0.25, 0.3) is 11.6 Å². The maximum Gasteiger partial charge on any atom is 0.297 e. The Labute approximate surface area is 119 Å². The Kier molecular flexibility index (Phi) is 3.36. The van der Waals surface area contributed by atoms with Crippen LogP contribution >= 0.6 is 0 Å². The molecule has 1 amide bonds. The zero-order valence-corrected chi connectivity index (χ0v) is 11.0. The second kappa shape index (κ2) is 5.33. The summed E-state index contributed by atoms with van der Waals surface area (Å²) in [6.07, 6.45) is 2.31. The summed E-state index contributed by atoms with van der Waals surface area (Å²) in [6.45, 7) is 1.04. The molecule has 0 spiro atoms. The number of rotatable bonds is 3. The molecule has 1 aromatic carbocycles. The van der Waals surface area contributed by atoms with E-state index in [1.54, 1.807) is 18.2 Å². The molecule has 0 unspecified atom stereocenters. The molecule has 0 saturated carbocycles. The van der Waals surface area contributed by atoms with Gasteiger partial charge in [-0.1, -0.05) is 12.1 Å². The third kappa shape index (κ3) is 2.48. The molecule has 1 saturated heterocycles. The standard InChI is InChI=1S/C13H12N4O4/c18-13(16-7-3-9-21-16)10-6-8-15(14-10)11-4-1-2-5-12(11)17(19)20/h1-2,4-6,8H,3,7,9H2. The van der Waals surface area contributed by atoms with Crippen molar-refractivity contribution in [3.8, 4) is 5.69 Å². The first-order valence-corrected chi connectivity index (χ1v) is 6.41. The minimum Gasteiger partial charge on any atom is -0.271 e. The van der Waals surface area contributed by atoms with Crippen LogP contribution in [0.1, 0.15) is 16.9 Å². The summed E-state index contributed by atoms with van der Waals surface area (Å²) in [4.78, 5) is 27.8. The molecule has 0 aliphatic carbocycles. The largest absolute Gasteiger partial charge is 0.297 e. The fraction of sp³-hybridized carbons (Fsp3) is 0.231. The number of nitro groups is 1. The lowest BCUT2D eigenvalue weighted by Crippen LogP contribution is -2.27. The van der Waals surface area contributed by atoms with E-state index in [4.69, 9.17) is 4.84 Å². The summed E-state index contributed by atoms with van der Waals surface area (Å²) < 4.78 is 1.32. The van der Waals surface area contributed by atoms with Crippen molar-refractivity contribution < 1.29 is 14.6 Å². The highest BCUT2D eigenvalue weighted by Gasteiger charge is 2.24. The molecule has 8 nitrogen and oxygen atoms in total. The SMILES string of the molecule is O=C(c1ccn(-c2ccccc2[N+](=O)[O-])n1)N1CCCO1. The number of carbonyl (C=O) groups is 1. The number of para-hydroxylation sites is 2. The zero-order valence-electron chi connectivity index (χ0n) is 11.0. The average Bonchev–Trinajstić information content (AvgIpc) is 3.18. The Bertz CT molecular complexity index is 691. The van der Waals surface area contributed by atoms with Crippen LogP contribution in [-0.2, 0) is 4.84 Å². The highest BCUT2D eigenvalue weighted by molar-refractivity contribution is 5.91. The molecule has 0 bridgehead atoms. The van der Waals surface area contributed by atoms with Gasteiger partial charge in [-0.15, -0.1) is 0 Å². The molecule has 2 aromatic rings. The van der Waals surface area contributed by atoms with Gasteiger partial charge in [0.05, 0.1) is 18.1 Å². The van der Waals surface area contributed by atoms with E-state index >= 15 is 0 Å². The summed E-state index contributed by atoms with van der Waals surface area (Å²) in [7, 11) is 0. The van der Waals surface area contributed by atoms with Crippen molar-refractivity contribution >= 4 is 11.6 Å². The fourth-order valence-electron chi connectivity index (χ4n) is 2.12. The Hall–Kier alpha value is -2.74. The highest BCUT2D eigenvalue weighted by atomic mass is 16.7. The number of hydrogen-bond acceptors (Lipinski definition) is 5. The van der Waals surface area contributed by atoms with Gasteiger partial charge in [0.2, 0.25) is 0 Å². The van der Waals surface area contributed by atoms with Gasteiger partial charge in [0, 0.05) is 12.3 Å². The quantitative estimate of drug-likeness (QED) is 0.631. The van der Waals surface area contributed by atoms with Crippen molar-refractivity contribution in [2.24, 2.45) is 0 Å². The van der Waals surface area contributed by atoms with Gasteiger partial charge in [-0.3, -0.25) is 19.7 Å². The van der Waals surface area contributed by atoms with E-state index < -0.39 is 4.92 Å². The predicted molar refractivity (Wildman–Crippen MR) is 71.8 cm³/mol. The highest BCUT2D eigenvalue weighted by Crippen LogP contribution is 2.22. The van der Waals surface area contributed by atoms with Crippen LogP contribution in [0.4, 0.5) is 5.69 Å². The summed E-state index contributed by atoms with van der Waals surface area (Å²) in [5.74, 6) is -0.343. The van der Waals surface area contributed by atoms with Crippen molar-refractivity contribution in [3.63, 3.8) is 0 Å². The Morgan fingerprint density at radius 2 is 2.14 bits per heavy atom. The molecule has 1 aliphatic heterocycles. The minimum atomic E-state index is -0.484. The first-order valence-electron chi connectivity index (χ1n) is 6.41. The third-order valence-electron chi connectivity index (χ3n) is 3.11. The lowest BCUT2D eigenvalue weighted by atomic mass is 10.3. The number of hydrogen-bond donors (Lipinski definition) is 0. The van der Waals surface area contributed by atoms with Crippen molar-refractivity contribution in [2.45, 2.75) is 6.42 Å². The molecule has 108 valence electrons. The smallest absolute Gasteiger partial charge is 0.271 e. The summed E-state index contributed by atoms with van der Waals surface area (Å²) in [5, 5.41) is 16.4. The Morgan fingerprint density at radius 3 is 2.86 bits per heavy atom. The predicted octanol–water partition coefficient (Wildman–Crippen LogP) is 1.56. The molecule has 1 aromatic heterocycles. The maximum atomic E-state index is 12.1. The van der Waals surface area contributed by atoms with E-state index in [2.05, 4.69) is 5.10 Å². The van der Waals surface area contributed by atoms with Crippen molar-refractivity contribution in [2.75, 3.05) is 13.2 Å². The van der Waals surface area contributed by atoms with Crippen molar-refractivity contribution in [1.29, 1.82) is 0 Å². The summed E-state index contributed by atoms with van der Waals surface area (Å²) in [6, 6.07) is 7.74. The molecule has 1 aliphatic rings. The molecule has 21 heavy (non-hydrogen) atoms. The maximum absolute atomic E-state index is 12.1. The van der Waals surface area contributed by atoms with Gasteiger partial charge in [0.1, 0.15) is 5.69 Å². The lowest BCUT2D eigenvalue weighted by molar-refractivity contribution is -0.384. The number of nitrogens with zero attached hydrogens (tertiary/aromatic N) is 4. The molecular formula is C13H12N4O4. The van der Waals surface area contributed by atoms with Gasteiger partial charge in [0.15, 0.2) is 5.69 Å². The molecular weight excluding hydrogens is 276 g/mol. The van der Waals surface area contributed by atoms with Crippen molar-refractivity contribution in [3.05, 3.63) is 52.3 Å². The van der Waals surface area contributed by atoms with Crippen molar-refractivity contribution in [1.82, 2.24) is 14.8 Å². The van der Waals surface area contributed by atoms with Crippen LogP contribution in [-0.4, -0.2) is 38.8 Å². The third-order valence-corrected chi connectivity index (χ3v) is 3.11. The first-order chi connectivity index (χ1) is 10.2. The first kappa shape index (κ1) is 13.3. The van der Waals surface area contributed by atoms with Gasteiger partial charge in [-0.05, 0) is 18.6 Å². The van der Waals surface area contributed by atoms with E-state index in [9.17, 15) is 14.9 Å². The topological polar surface area (TPSA) is 90.5 Å². The van der Waals surface area contributed by atoms with E-state index in [-0.39, 0.29) is 17.3 Å². The van der Waals surface area contributed by atoms with Crippen LogP contribution in [0.2, 0.25) is 0 Å². The normalized spacial score (nSPS) is 14.4. The molecule has 0 radical (unpaired) electrons. The molecule has 1 fully saturated rings. The molecule has 8 heteroatoms. The summed E-state index contributed by atoms with van der Waals surface area (Å²) >= 11 is 0. The Balaban J connectivity index is 1.92. The number of aromatic nitrogens is 2. The average molecular weight is 288 g/mol. The van der Waals surface area contributed by atoms with E-state index in [1.165, 1.54) is 28.1 Å². The van der Waals surface area contributed by atoms with Crippen LogP contribution < -0.4 is 0 Å². The summed E-state index contributed by atoms with van der Waals surface area (Å²) in [5.41, 5.74) is 0.427. The number of carbonyl (C=O) groups excluding carboxylic acids is 1. The molecule has 0 atom stereocenters. The van der Waals surface area contributed by atoms with Crippen LogP contribution in [0.25, 0.3) is 5.69 Å². The number of nitro benzene ring substituents is 1.